The minimum absolute atomic E-state index is 0.148. The molecule has 0 atom stereocenters. The van der Waals surface area contributed by atoms with Gasteiger partial charge < -0.3 is 14.4 Å². The zero-order valence-corrected chi connectivity index (χ0v) is 16.6. The van der Waals surface area contributed by atoms with E-state index in [9.17, 15) is 4.79 Å². The average Bonchev–Trinajstić information content (AvgIpc) is 3.32. The Morgan fingerprint density at radius 3 is 2.52 bits per heavy atom. The lowest BCUT2D eigenvalue weighted by molar-refractivity contribution is 0.0746. The van der Waals surface area contributed by atoms with Gasteiger partial charge in [-0.2, -0.15) is 0 Å². The Morgan fingerprint density at radius 1 is 1.11 bits per heavy atom. The molecular formula is C21H24N4OS. The predicted octanol–water partition coefficient (Wildman–Crippen LogP) is 3.57. The maximum absolute atomic E-state index is 13.1. The van der Waals surface area contributed by atoms with E-state index >= 15 is 0 Å². The molecule has 27 heavy (non-hydrogen) atoms. The highest BCUT2D eigenvalue weighted by atomic mass is 32.1. The third kappa shape index (κ3) is 3.62. The SMILES string of the molecule is Cc1cc(C(=O)N2CCN(c3ccncc3)CC2)c(C)n1Cc1cccs1. The minimum atomic E-state index is 0.148. The zero-order chi connectivity index (χ0) is 18.8. The van der Waals surface area contributed by atoms with Crippen LogP contribution in [0, 0.1) is 13.8 Å². The van der Waals surface area contributed by atoms with E-state index in [4.69, 9.17) is 0 Å². The second-order valence-electron chi connectivity index (χ2n) is 6.93. The topological polar surface area (TPSA) is 41.4 Å². The third-order valence-electron chi connectivity index (χ3n) is 5.29. The lowest BCUT2D eigenvalue weighted by Crippen LogP contribution is -2.48. The Bertz CT molecular complexity index is 909. The maximum atomic E-state index is 13.1. The molecule has 0 N–H and O–H groups in total. The second-order valence-corrected chi connectivity index (χ2v) is 7.97. The number of carbonyl (C=O) groups excluding carboxylic acids is 1. The molecule has 1 saturated heterocycles. The fourth-order valence-electron chi connectivity index (χ4n) is 3.71. The molecule has 0 aliphatic carbocycles. The van der Waals surface area contributed by atoms with Crippen molar-refractivity contribution in [3.63, 3.8) is 0 Å². The summed E-state index contributed by atoms with van der Waals surface area (Å²) in [5.74, 6) is 0.148. The highest BCUT2D eigenvalue weighted by Gasteiger charge is 2.25. The van der Waals surface area contributed by atoms with E-state index in [2.05, 4.69) is 45.8 Å². The zero-order valence-electron chi connectivity index (χ0n) is 15.8. The Morgan fingerprint density at radius 2 is 1.85 bits per heavy atom. The molecule has 0 radical (unpaired) electrons. The van der Waals surface area contributed by atoms with Gasteiger partial charge in [0.05, 0.1) is 12.1 Å². The third-order valence-corrected chi connectivity index (χ3v) is 6.15. The van der Waals surface area contributed by atoms with Crippen molar-refractivity contribution in [1.82, 2.24) is 14.5 Å². The van der Waals surface area contributed by atoms with Crippen molar-refractivity contribution >= 4 is 22.9 Å². The van der Waals surface area contributed by atoms with Crippen LogP contribution in [0.3, 0.4) is 0 Å². The quantitative estimate of drug-likeness (QED) is 0.695. The average molecular weight is 381 g/mol. The fraction of sp³-hybridized carbons (Fsp3) is 0.333. The number of anilines is 1. The molecule has 1 fully saturated rings. The summed E-state index contributed by atoms with van der Waals surface area (Å²) in [5, 5.41) is 2.10. The fourth-order valence-corrected chi connectivity index (χ4v) is 4.40. The van der Waals surface area contributed by atoms with Gasteiger partial charge in [0.15, 0.2) is 0 Å². The van der Waals surface area contributed by atoms with Crippen molar-refractivity contribution < 1.29 is 4.79 Å². The predicted molar refractivity (Wildman–Crippen MR) is 110 cm³/mol. The molecule has 3 aromatic rings. The first-order chi connectivity index (χ1) is 13.1. The monoisotopic (exact) mass is 380 g/mol. The number of hydrogen-bond donors (Lipinski definition) is 0. The molecule has 4 rings (SSSR count). The summed E-state index contributed by atoms with van der Waals surface area (Å²) in [6, 6.07) is 10.3. The van der Waals surface area contributed by atoms with Crippen LogP contribution in [-0.4, -0.2) is 46.5 Å². The summed E-state index contributed by atoms with van der Waals surface area (Å²) in [6.07, 6.45) is 3.63. The van der Waals surface area contributed by atoms with Gasteiger partial charge in [0, 0.05) is 60.5 Å². The number of nitrogens with zero attached hydrogens (tertiary/aromatic N) is 4. The van der Waals surface area contributed by atoms with E-state index in [0.29, 0.717) is 0 Å². The van der Waals surface area contributed by atoms with Crippen LogP contribution in [0.15, 0.2) is 48.1 Å². The van der Waals surface area contributed by atoms with Gasteiger partial charge in [0.2, 0.25) is 0 Å². The highest BCUT2D eigenvalue weighted by Crippen LogP contribution is 2.22. The highest BCUT2D eigenvalue weighted by molar-refractivity contribution is 7.09. The minimum Gasteiger partial charge on any atom is -0.368 e. The summed E-state index contributed by atoms with van der Waals surface area (Å²) < 4.78 is 2.24. The first-order valence-electron chi connectivity index (χ1n) is 9.27. The molecule has 5 nitrogen and oxygen atoms in total. The number of aromatic nitrogens is 2. The molecule has 4 heterocycles. The van der Waals surface area contributed by atoms with E-state index in [1.807, 2.05) is 35.5 Å². The summed E-state index contributed by atoms with van der Waals surface area (Å²) >= 11 is 1.75. The molecule has 1 aliphatic heterocycles. The summed E-state index contributed by atoms with van der Waals surface area (Å²) in [4.78, 5) is 22.8. The number of thiophene rings is 1. The smallest absolute Gasteiger partial charge is 0.255 e. The van der Waals surface area contributed by atoms with Crippen molar-refractivity contribution in [1.29, 1.82) is 0 Å². The second kappa shape index (κ2) is 7.56. The van der Waals surface area contributed by atoms with Gasteiger partial charge >= 0.3 is 0 Å². The molecule has 0 unspecified atom stereocenters. The van der Waals surface area contributed by atoms with Crippen LogP contribution in [0.2, 0.25) is 0 Å². The van der Waals surface area contributed by atoms with E-state index in [0.717, 1.165) is 49.7 Å². The molecule has 0 saturated carbocycles. The molecular weight excluding hydrogens is 356 g/mol. The Balaban J connectivity index is 1.46. The van der Waals surface area contributed by atoms with Crippen LogP contribution in [-0.2, 0) is 6.54 Å². The molecule has 6 heteroatoms. The number of hydrogen-bond acceptors (Lipinski definition) is 4. The van der Waals surface area contributed by atoms with Crippen LogP contribution in [0.5, 0.6) is 0 Å². The van der Waals surface area contributed by atoms with Crippen LogP contribution < -0.4 is 4.90 Å². The summed E-state index contributed by atoms with van der Waals surface area (Å²) in [6.45, 7) is 8.16. The molecule has 0 spiro atoms. The van der Waals surface area contributed by atoms with Crippen LogP contribution in [0.1, 0.15) is 26.6 Å². The lowest BCUT2D eigenvalue weighted by atomic mass is 10.2. The number of rotatable bonds is 4. The Labute approximate surface area is 163 Å². The van der Waals surface area contributed by atoms with Gasteiger partial charge in [0.1, 0.15) is 0 Å². The standard InChI is InChI=1S/C21H24N4OS/c1-16-14-20(17(2)25(16)15-19-4-3-13-27-19)21(26)24-11-9-23(10-12-24)18-5-7-22-8-6-18/h3-8,13-14H,9-12,15H2,1-2H3. The summed E-state index contributed by atoms with van der Waals surface area (Å²) in [7, 11) is 0. The molecule has 0 bridgehead atoms. The van der Waals surface area contributed by atoms with Crippen molar-refractivity contribution in [3.05, 3.63) is 69.9 Å². The normalized spacial score (nSPS) is 14.6. The van der Waals surface area contributed by atoms with Crippen LogP contribution >= 0.6 is 11.3 Å². The van der Waals surface area contributed by atoms with Gasteiger partial charge in [-0.05, 0) is 43.5 Å². The van der Waals surface area contributed by atoms with Crippen LogP contribution in [0.25, 0.3) is 0 Å². The van der Waals surface area contributed by atoms with Crippen LogP contribution in [0.4, 0.5) is 5.69 Å². The summed E-state index contributed by atoms with van der Waals surface area (Å²) in [5.41, 5.74) is 4.20. The van der Waals surface area contributed by atoms with E-state index in [-0.39, 0.29) is 5.91 Å². The van der Waals surface area contributed by atoms with Gasteiger partial charge in [-0.1, -0.05) is 6.07 Å². The van der Waals surface area contributed by atoms with Crippen molar-refractivity contribution in [2.24, 2.45) is 0 Å². The van der Waals surface area contributed by atoms with Crippen molar-refractivity contribution in [2.45, 2.75) is 20.4 Å². The molecule has 3 aromatic heterocycles. The van der Waals surface area contributed by atoms with Crippen molar-refractivity contribution in [2.75, 3.05) is 31.1 Å². The first kappa shape index (κ1) is 17.8. The maximum Gasteiger partial charge on any atom is 0.255 e. The molecule has 1 amide bonds. The van der Waals surface area contributed by atoms with Gasteiger partial charge in [-0.15, -0.1) is 11.3 Å². The Hall–Kier alpha value is -2.60. The lowest BCUT2D eigenvalue weighted by Gasteiger charge is -2.36. The van der Waals surface area contributed by atoms with E-state index < -0.39 is 0 Å². The van der Waals surface area contributed by atoms with Crippen molar-refractivity contribution in [3.8, 4) is 0 Å². The Kier molecular flexibility index (Phi) is 4.99. The number of pyridine rings is 1. The first-order valence-corrected chi connectivity index (χ1v) is 10.1. The van der Waals surface area contributed by atoms with Gasteiger partial charge in [-0.3, -0.25) is 9.78 Å². The number of aryl methyl sites for hydroxylation is 1. The van der Waals surface area contributed by atoms with Gasteiger partial charge in [-0.25, -0.2) is 0 Å². The van der Waals surface area contributed by atoms with E-state index in [1.54, 1.807) is 11.3 Å². The number of piperazine rings is 1. The number of carbonyl (C=O) groups is 1. The largest absolute Gasteiger partial charge is 0.368 e. The molecule has 140 valence electrons. The molecule has 1 aliphatic rings. The molecule has 0 aromatic carbocycles. The van der Waals surface area contributed by atoms with Gasteiger partial charge in [0.25, 0.3) is 5.91 Å². The van der Waals surface area contributed by atoms with E-state index in [1.165, 1.54) is 10.6 Å². The number of amides is 1.